The van der Waals surface area contributed by atoms with E-state index in [9.17, 15) is 14.6 Å². The lowest BCUT2D eigenvalue weighted by molar-refractivity contribution is -0.164. The maximum Gasteiger partial charge on any atom is 0.0956 e. The fourth-order valence-corrected chi connectivity index (χ4v) is 8.33. The molecular formula is C22H37FO2. The first-order valence-electron chi connectivity index (χ1n) is 10.7. The Morgan fingerprint density at radius 3 is 2.44 bits per heavy atom. The van der Waals surface area contributed by atoms with Gasteiger partial charge in [-0.05, 0) is 107 Å². The Balaban J connectivity index is 1.63. The van der Waals surface area contributed by atoms with E-state index in [2.05, 4.69) is 6.92 Å². The van der Waals surface area contributed by atoms with Crippen molar-refractivity contribution in [3.8, 4) is 0 Å². The highest BCUT2D eigenvalue weighted by atomic mass is 19.1. The zero-order valence-corrected chi connectivity index (χ0v) is 16.3. The summed E-state index contributed by atoms with van der Waals surface area (Å²) in [6.45, 7) is 6.13. The van der Waals surface area contributed by atoms with Crippen LogP contribution in [0.5, 0.6) is 0 Å². The van der Waals surface area contributed by atoms with Gasteiger partial charge in [0.25, 0.3) is 0 Å². The first-order valence-corrected chi connectivity index (χ1v) is 10.7. The fourth-order valence-electron chi connectivity index (χ4n) is 8.33. The molecule has 4 rings (SSSR count). The SMILES string of the molecule is CC(O)C1CC[C@H]2[C@@H]3CCC4C[C@](C)(O)CC[C@]4(CF)[C@H]3CC[C@]12C. The van der Waals surface area contributed by atoms with Gasteiger partial charge in [-0.2, -0.15) is 0 Å². The van der Waals surface area contributed by atoms with E-state index in [-0.39, 0.29) is 23.6 Å². The van der Waals surface area contributed by atoms with Gasteiger partial charge in [-0.3, -0.25) is 4.39 Å². The fraction of sp³-hybridized carbons (Fsp3) is 1.00. The number of hydrogen-bond donors (Lipinski definition) is 2. The summed E-state index contributed by atoms with van der Waals surface area (Å²) in [4.78, 5) is 0. The molecule has 0 aromatic carbocycles. The van der Waals surface area contributed by atoms with Gasteiger partial charge in [-0.15, -0.1) is 0 Å². The van der Waals surface area contributed by atoms with Gasteiger partial charge in [0.2, 0.25) is 0 Å². The van der Waals surface area contributed by atoms with Gasteiger partial charge in [0.05, 0.1) is 18.4 Å². The van der Waals surface area contributed by atoms with E-state index >= 15 is 0 Å². The minimum Gasteiger partial charge on any atom is -0.393 e. The Kier molecular flexibility index (Phi) is 4.32. The first kappa shape index (κ1) is 18.2. The molecule has 0 saturated heterocycles. The summed E-state index contributed by atoms with van der Waals surface area (Å²) >= 11 is 0. The third-order valence-corrected chi connectivity index (χ3v) is 9.56. The quantitative estimate of drug-likeness (QED) is 0.754. The largest absolute Gasteiger partial charge is 0.393 e. The van der Waals surface area contributed by atoms with Gasteiger partial charge in [0.1, 0.15) is 0 Å². The summed E-state index contributed by atoms with van der Waals surface area (Å²) in [6.07, 6.45) is 9.14. The van der Waals surface area contributed by atoms with Crippen LogP contribution in [0, 0.1) is 40.4 Å². The van der Waals surface area contributed by atoms with Crippen LogP contribution in [-0.2, 0) is 0 Å². The second kappa shape index (κ2) is 5.92. The van der Waals surface area contributed by atoms with E-state index in [1.807, 2.05) is 13.8 Å². The molecule has 3 heteroatoms. The van der Waals surface area contributed by atoms with Crippen molar-refractivity contribution in [1.29, 1.82) is 0 Å². The summed E-state index contributed by atoms with van der Waals surface area (Å²) < 4.78 is 14.6. The Hall–Kier alpha value is -0.150. The second-order valence-corrected chi connectivity index (χ2v) is 10.7. The molecule has 4 aliphatic rings. The van der Waals surface area contributed by atoms with Crippen LogP contribution in [0.1, 0.15) is 78.6 Å². The van der Waals surface area contributed by atoms with Crippen LogP contribution in [0.25, 0.3) is 0 Å². The van der Waals surface area contributed by atoms with Crippen LogP contribution >= 0.6 is 0 Å². The third kappa shape index (κ3) is 2.55. The molecule has 0 aromatic heterocycles. The number of aliphatic hydroxyl groups excluding tert-OH is 1. The number of alkyl halides is 1. The summed E-state index contributed by atoms with van der Waals surface area (Å²) in [6, 6.07) is 0. The van der Waals surface area contributed by atoms with Crippen LogP contribution in [0.3, 0.4) is 0 Å². The molecule has 3 unspecified atom stereocenters. The van der Waals surface area contributed by atoms with Crippen molar-refractivity contribution < 1.29 is 14.6 Å². The maximum atomic E-state index is 14.6. The van der Waals surface area contributed by atoms with E-state index in [4.69, 9.17) is 0 Å². The summed E-state index contributed by atoms with van der Waals surface area (Å²) in [5, 5.41) is 20.9. The predicted molar refractivity (Wildman–Crippen MR) is 97.8 cm³/mol. The van der Waals surface area contributed by atoms with Crippen molar-refractivity contribution >= 4 is 0 Å². The van der Waals surface area contributed by atoms with Gasteiger partial charge < -0.3 is 10.2 Å². The molecule has 0 spiro atoms. The van der Waals surface area contributed by atoms with Crippen molar-refractivity contribution in [3.05, 3.63) is 0 Å². The number of aliphatic hydroxyl groups is 2. The molecule has 0 heterocycles. The Bertz CT molecular complexity index is 518. The molecule has 144 valence electrons. The number of hydrogen-bond acceptors (Lipinski definition) is 2. The van der Waals surface area contributed by atoms with Gasteiger partial charge in [0.15, 0.2) is 0 Å². The zero-order chi connectivity index (χ0) is 18.0. The van der Waals surface area contributed by atoms with Crippen molar-refractivity contribution in [2.24, 2.45) is 40.4 Å². The van der Waals surface area contributed by atoms with Crippen molar-refractivity contribution in [2.75, 3.05) is 6.67 Å². The predicted octanol–water partition coefficient (Wildman–Crippen LogP) is 4.73. The molecule has 4 saturated carbocycles. The highest BCUT2D eigenvalue weighted by molar-refractivity contribution is 5.11. The molecule has 4 fully saturated rings. The topological polar surface area (TPSA) is 40.5 Å². The molecule has 2 N–H and O–H groups in total. The minimum absolute atomic E-state index is 0.171. The Morgan fingerprint density at radius 2 is 1.76 bits per heavy atom. The minimum atomic E-state index is -0.593. The third-order valence-electron chi connectivity index (χ3n) is 9.56. The number of rotatable bonds is 2. The summed E-state index contributed by atoms with van der Waals surface area (Å²) in [5.41, 5.74) is -0.515. The molecule has 9 atom stereocenters. The molecule has 0 aromatic rings. The van der Waals surface area contributed by atoms with Gasteiger partial charge in [-0.25, -0.2) is 0 Å². The van der Waals surface area contributed by atoms with Crippen molar-refractivity contribution in [1.82, 2.24) is 0 Å². The first-order chi connectivity index (χ1) is 11.7. The highest BCUT2D eigenvalue weighted by Gasteiger charge is 2.62. The smallest absolute Gasteiger partial charge is 0.0956 e. The lowest BCUT2D eigenvalue weighted by Gasteiger charge is -2.62. The van der Waals surface area contributed by atoms with Crippen LogP contribution in [0.2, 0.25) is 0 Å². The molecule has 4 aliphatic carbocycles. The van der Waals surface area contributed by atoms with Crippen LogP contribution < -0.4 is 0 Å². The Labute approximate surface area is 152 Å². The molecular weight excluding hydrogens is 315 g/mol. The molecule has 25 heavy (non-hydrogen) atoms. The molecule has 0 amide bonds. The average molecular weight is 353 g/mol. The molecule has 2 nitrogen and oxygen atoms in total. The molecule has 0 radical (unpaired) electrons. The van der Waals surface area contributed by atoms with Crippen molar-refractivity contribution in [3.63, 3.8) is 0 Å². The zero-order valence-electron chi connectivity index (χ0n) is 16.3. The lowest BCUT2D eigenvalue weighted by Crippen LogP contribution is -2.57. The summed E-state index contributed by atoms with van der Waals surface area (Å²) in [5.74, 6) is 2.58. The maximum absolute atomic E-state index is 14.6. The number of fused-ring (bicyclic) bond motifs is 5. The van der Waals surface area contributed by atoms with E-state index in [1.165, 1.54) is 12.8 Å². The number of halogens is 1. The highest BCUT2D eigenvalue weighted by Crippen LogP contribution is 2.68. The van der Waals surface area contributed by atoms with Crippen molar-refractivity contribution in [2.45, 2.75) is 90.3 Å². The Morgan fingerprint density at radius 1 is 1.00 bits per heavy atom. The normalized spacial score (nSPS) is 56.6. The molecule has 0 bridgehead atoms. The van der Waals surface area contributed by atoms with Crippen LogP contribution in [0.4, 0.5) is 4.39 Å². The van der Waals surface area contributed by atoms with E-state index in [0.717, 1.165) is 44.9 Å². The van der Waals surface area contributed by atoms with Gasteiger partial charge in [-0.1, -0.05) is 6.92 Å². The molecule has 0 aliphatic heterocycles. The van der Waals surface area contributed by atoms with Gasteiger partial charge in [0, 0.05) is 5.41 Å². The monoisotopic (exact) mass is 352 g/mol. The summed E-state index contributed by atoms with van der Waals surface area (Å²) in [7, 11) is 0. The van der Waals surface area contributed by atoms with E-state index < -0.39 is 5.60 Å². The van der Waals surface area contributed by atoms with E-state index in [0.29, 0.717) is 29.6 Å². The lowest BCUT2D eigenvalue weighted by atomic mass is 9.43. The second-order valence-electron chi connectivity index (χ2n) is 10.7. The average Bonchev–Trinajstić information content (AvgIpc) is 2.91. The standard InChI is InChI=1S/C22H37FO2/c1-14(24)17-6-7-18-16-5-4-15-12-20(2,25)10-11-22(15,13-23)19(16)8-9-21(17,18)3/h14-19,24-25H,4-13H2,1-3H3/t14?,15?,16-,17?,18-,19-,20+,21+,22+/m0/s1. The van der Waals surface area contributed by atoms with Crippen LogP contribution in [0.15, 0.2) is 0 Å². The van der Waals surface area contributed by atoms with Crippen LogP contribution in [-0.4, -0.2) is 28.6 Å². The van der Waals surface area contributed by atoms with Gasteiger partial charge >= 0.3 is 0 Å². The van der Waals surface area contributed by atoms with E-state index in [1.54, 1.807) is 0 Å².